The largest absolute Gasteiger partial charge is 0.416 e. The van der Waals surface area contributed by atoms with Gasteiger partial charge in [0.25, 0.3) is 5.91 Å². The lowest BCUT2D eigenvalue weighted by Crippen LogP contribution is -2.47. The van der Waals surface area contributed by atoms with Crippen LogP contribution in [0.4, 0.5) is 13.2 Å². The van der Waals surface area contributed by atoms with Crippen molar-refractivity contribution in [2.75, 3.05) is 26.2 Å². The highest BCUT2D eigenvalue weighted by atomic mass is 19.4. The molecule has 0 spiro atoms. The number of benzene rings is 1. The predicted octanol–water partition coefficient (Wildman–Crippen LogP) is 2.68. The summed E-state index contributed by atoms with van der Waals surface area (Å²) >= 11 is 0. The SMILES string of the molecule is O=C(c1cnc2n1CC(c1cccc(C(F)(F)F)c1)CC2)N1CCNCC1. The monoisotopic (exact) mass is 378 g/mol. The number of imidazole rings is 1. The van der Waals surface area contributed by atoms with E-state index in [-0.39, 0.29) is 11.8 Å². The molecule has 0 radical (unpaired) electrons. The zero-order chi connectivity index (χ0) is 19.0. The first-order valence-corrected chi connectivity index (χ1v) is 9.15. The van der Waals surface area contributed by atoms with E-state index in [1.807, 2.05) is 4.57 Å². The van der Waals surface area contributed by atoms with Crippen molar-refractivity contribution in [2.24, 2.45) is 0 Å². The van der Waals surface area contributed by atoms with Crippen LogP contribution in [0.5, 0.6) is 0 Å². The second-order valence-electron chi connectivity index (χ2n) is 7.07. The molecule has 1 aromatic heterocycles. The molecule has 5 nitrogen and oxygen atoms in total. The number of fused-ring (bicyclic) bond motifs is 1. The third-order valence-electron chi connectivity index (χ3n) is 5.37. The van der Waals surface area contributed by atoms with Crippen molar-refractivity contribution in [2.45, 2.75) is 31.5 Å². The molecule has 0 aliphatic carbocycles. The summed E-state index contributed by atoms with van der Waals surface area (Å²) in [5, 5.41) is 3.21. The maximum Gasteiger partial charge on any atom is 0.416 e. The van der Waals surface area contributed by atoms with Gasteiger partial charge in [0.05, 0.1) is 11.8 Å². The zero-order valence-electron chi connectivity index (χ0n) is 14.8. The third-order valence-corrected chi connectivity index (χ3v) is 5.37. The van der Waals surface area contributed by atoms with Gasteiger partial charge in [0.15, 0.2) is 0 Å². The summed E-state index contributed by atoms with van der Waals surface area (Å²) in [6, 6.07) is 5.51. The summed E-state index contributed by atoms with van der Waals surface area (Å²) < 4.78 is 41.0. The lowest BCUT2D eigenvalue weighted by atomic mass is 9.90. The number of carbonyl (C=O) groups excluding carboxylic acids is 1. The van der Waals surface area contributed by atoms with Gasteiger partial charge < -0.3 is 14.8 Å². The van der Waals surface area contributed by atoms with Crippen molar-refractivity contribution in [1.29, 1.82) is 0 Å². The van der Waals surface area contributed by atoms with Gasteiger partial charge in [-0.3, -0.25) is 4.79 Å². The number of hydrogen-bond acceptors (Lipinski definition) is 3. The molecule has 2 aliphatic rings. The molecule has 1 fully saturated rings. The van der Waals surface area contributed by atoms with Crippen LogP contribution in [0.25, 0.3) is 0 Å². The summed E-state index contributed by atoms with van der Waals surface area (Å²) in [6.45, 7) is 3.30. The van der Waals surface area contributed by atoms with Crippen molar-refractivity contribution in [3.8, 4) is 0 Å². The van der Waals surface area contributed by atoms with Gasteiger partial charge in [0.2, 0.25) is 0 Å². The molecule has 3 heterocycles. The van der Waals surface area contributed by atoms with Gasteiger partial charge in [0, 0.05) is 45.1 Å². The third kappa shape index (κ3) is 3.58. The summed E-state index contributed by atoms with van der Waals surface area (Å²) in [5.41, 5.74) is 0.557. The first-order valence-electron chi connectivity index (χ1n) is 9.15. The highest BCUT2D eigenvalue weighted by molar-refractivity contribution is 5.92. The lowest BCUT2D eigenvalue weighted by molar-refractivity contribution is -0.137. The second-order valence-corrected chi connectivity index (χ2v) is 7.07. The summed E-state index contributed by atoms with van der Waals surface area (Å²) in [5.74, 6) is 0.709. The fourth-order valence-corrected chi connectivity index (χ4v) is 3.87. The van der Waals surface area contributed by atoms with E-state index in [4.69, 9.17) is 0 Å². The molecule has 1 saturated heterocycles. The Bertz CT molecular complexity index is 840. The Balaban J connectivity index is 1.58. The van der Waals surface area contributed by atoms with E-state index >= 15 is 0 Å². The number of piperazine rings is 1. The van der Waals surface area contributed by atoms with Crippen LogP contribution in [0.3, 0.4) is 0 Å². The van der Waals surface area contributed by atoms with E-state index in [9.17, 15) is 18.0 Å². The smallest absolute Gasteiger partial charge is 0.335 e. The molecule has 1 amide bonds. The Morgan fingerprint density at radius 2 is 2.00 bits per heavy atom. The maximum atomic E-state index is 13.0. The average molecular weight is 378 g/mol. The van der Waals surface area contributed by atoms with Crippen LogP contribution >= 0.6 is 0 Å². The van der Waals surface area contributed by atoms with E-state index < -0.39 is 11.7 Å². The fourth-order valence-electron chi connectivity index (χ4n) is 3.87. The second kappa shape index (κ2) is 6.99. The number of nitrogens with one attached hydrogen (secondary N) is 1. The molecule has 8 heteroatoms. The van der Waals surface area contributed by atoms with E-state index in [1.54, 1.807) is 17.2 Å². The molecule has 4 rings (SSSR count). The van der Waals surface area contributed by atoms with Gasteiger partial charge in [-0.1, -0.05) is 18.2 Å². The van der Waals surface area contributed by atoms with E-state index in [1.165, 1.54) is 12.1 Å². The van der Waals surface area contributed by atoms with Crippen LogP contribution in [0, 0.1) is 0 Å². The molecule has 0 bridgehead atoms. The first kappa shape index (κ1) is 18.0. The molecule has 144 valence electrons. The predicted molar refractivity (Wildman–Crippen MR) is 93.5 cm³/mol. The topological polar surface area (TPSA) is 50.2 Å². The van der Waals surface area contributed by atoms with E-state index in [0.717, 1.165) is 31.4 Å². The van der Waals surface area contributed by atoms with Crippen molar-refractivity contribution in [3.63, 3.8) is 0 Å². The van der Waals surface area contributed by atoms with Crippen LogP contribution in [0.1, 0.15) is 39.8 Å². The Morgan fingerprint density at radius 3 is 2.74 bits per heavy atom. The standard InChI is InChI=1S/C19H21F3N4O/c20-19(21,22)15-3-1-2-13(10-15)14-4-5-17-24-11-16(26(17)12-14)18(27)25-8-6-23-7-9-25/h1-3,10-11,14,23H,4-9,12H2. The molecule has 1 atom stereocenters. The molecule has 27 heavy (non-hydrogen) atoms. The average Bonchev–Trinajstić information content (AvgIpc) is 3.11. The van der Waals surface area contributed by atoms with Gasteiger partial charge in [-0.25, -0.2) is 4.98 Å². The number of nitrogens with zero attached hydrogens (tertiary/aromatic N) is 3. The van der Waals surface area contributed by atoms with Gasteiger partial charge in [-0.05, 0) is 18.1 Å². The number of halogens is 3. The number of carbonyl (C=O) groups is 1. The lowest BCUT2D eigenvalue weighted by Gasteiger charge is -2.30. The summed E-state index contributed by atoms with van der Waals surface area (Å²) in [7, 11) is 0. The number of amides is 1. The highest BCUT2D eigenvalue weighted by Crippen LogP contribution is 2.34. The summed E-state index contributed by atoms with van der Waals surface area (Å²) in [4.78, 5) is 19.0. The van der Waals surface area contributed by atoms with Crippen LogP contribution in [0.2, 0.25) is 0 Å². The van der Waals surface area contributed by atoms with Crippen LogP contribution in [0.15, 0.2) is 30.5 Å². The number of hydrogen-bond donors (Lipinski definition) is 1. The quantitative estimate of drug-likeness (QED) is 0.874. The van der Waals surface area contributed by atoms with Gasteiger partial charge >= 0.3 is 6.18 Å². The Morgan fingerprint density at radius 1 is 1.22 bits per heavy atom. The van der Waals surface area contributed by atoms with Crippen molar-refractivity contribution >= 4 is 5.91 Å². The van der Waals surface area contributed by atoms with Gasteiger partial charge in [-0.2, -0.15) is 13.2 Å². The van der Waals surface area contributed by atoms with E-state index in [2.05, 4.69) is 10.3 Å². The molecule has 2 aliphatic heterocycles. The number of rotatable bonds is 2. The minimum Gasteiger partial charge on any atom is -0.335 e. The Labute approximate surface area is 155 Å². The van der Waals surface area contributed by atoms with Gasteiger partial charge in [0.1, 0.15) is 11.5 Å². The van der Waals surface area contributed by atoms with Crippen LogP contribution < -0.4 is 5.32 Å². The minimum absolute atomic E-state index is 0.0556. The zero-order valence-corrected chi connectivity index (χ0v) is 14.8. The number of alkyl halides is 3. The molecule has 1 N–H and O–H groups in total. The van der Waals surface area contributed by atoms with Crippen molar-refractivity contribution in [3.05, 3.63) is 53.1 Å². The highest BCUT2D eigenvalue weighted by Gasteiger charge is 2.32. The Kier molecular flexibility index (Phi) is 4.67. The van der Waals surface area contributed by atoms with Crippen molar-refractivity contribution in [1.82, 2.24) is 19.8 Å². The van der Waals surface area contributed by atoms with Crippen molar-refractivity contribution < 1.29 is 18.0 Å². The Hall–Kier alpha value is -2.35. The molecular weight excluding hydrogens is 357 g/mol. The number of aromatic nitrogens is 2. The normalized spacial score (nSPS) is 20.4. The summed E-state index contributed by atoms with van der Waals surface area (Å²) in [6.07, 6.45) is -1.38. The fraction of sp³-hybridized carbons (Fsp3) is 0.474. The first-order chi connectivity index (χ1) is 12.9. The maximum absolute atomic E-state index is 13.0. The van der Waals surface area contributed by atoms with Crippen LogP contribution in [-0.4, -0.2) is 46.5 Å². The van der Waals surface area contributed by atoms with Gasteiger partial charge in [-0.15, -0.1) is 0 Å². The number of aryl methyl sites for hydroxylation is 1. The molecule has 1 aromatic carbocycles. The minimum atomic E-state index is -4.35. The van der Waals surface area contributed by atoms with Crippen LogP contribution in [-0.2, 0) is 19.1 Å². The van der Waals surface area contributed by atoms with E-state index in [0.29, 0.717) is 37.3 Å². The molecule has 0 saturated carbocycles. The molecular formula is C19H21F3N4O. The molecule has 2 aromatic rings. The molecule has 1 unspecified atom stereocenters.